The summed E-state index contributed by atoms with van der Waals surface area (Å²) in [5, 5.41) is 0.714. The van der Waals surface area contributed by atoms with Crippen LogP contribution in [0.3, 0.4) is 0 Å². The molecule has 0 spiro atoms. The zero-order valence-electron chi connectivity index (χ0n) is 9.44. The first-order valence-electron chi connectivity index (χ1n) is 5.57. The highest BCUT2D eigenvalue weighted by Gasteiger charge is 2.03. The third kappa shape index (κ3) is 3.02. The predicted octanol–water partition coefficient (Wildman–Crippen LogP) is 2.69. The quantitative estimate of drug-likeness (QED) is 0.904. The highest BCUT2D eigenvalue weighted by molar-refractivity contribution is 6.33. The monoisotopic (exact) mass is 247 g/mol. The van der Waals surface area contributed by atoms with Crippen LogP contribution in [0.5, 0.6) is 0 Å². The molecular formula is C13H14ClN3. The molecule has 2 N–H and O–H groups in total. The van der Waals surface area contributed by atoms with Gasteiger partial charge in [-0.3, -0.25) is 0 Å². The van der Waals surface area contributed by atoms with E-state index in [1.807, 2.05) is 24.3 Å². The summed E-state index contributed by atoms with van der Waals surface area (Å²) in [5.74, 6) is 0.825. The summed E-state index contributed by atoms with van der Waals surface area (Å²) < 4.78 is 0. The van der Waals surface area contributed by atoms with E-state index >= 15 is 0 Å². The summed E-state index contributed by atoms with van der Waals surface area (Å²) in [7, 11) is 0. The van der Waals surface area contributed by atoms with Crippen molar-refractivity contribution >= 4 is 11.6 Å². The molecule has 4 heteroatoms. The normalized spacial score (nSPS) is 10.5. The van der Waals surface area contributed by atoms with E-state index in [9.17, 15) is 0 Å². The average molecular weight is 248 g/mol. The number of aromatic nitrogens is 2. The van der Waals surface area contributed by atoms with Gasteiger partial charge in [-0.1, -0.05) is 29.8 Å². The lowest BCUT2D eigenvalue weighted by atomic mass is 10.1. The third-order valence-electron chi connectivity index (χ3n) is 2.49. The van der Waals surface area contributed by atoms with Gasteiger partial charge in [0, 0.05) is 35.0 Å². The van der Waals surface area contributed by atoms with Crippen LogP contribution in [0, 0.1) is 0 Å². The van der Waals surface area contributed by atoms with E-state index in [-0.39, 0.29) is 0 Å². The second-order valence-corrected chi connectivity index (χ2v) is 4.17. The minimum Gasteiger partial charge on any atom is -0.330 e. The molecule has 0 fully saturated rings. The Hall–Kier alpha value is -1.45. The lowest BCUT2D eigenvalue weighted by Gasteiger charge is -2.04. The number of rotatable bonds is 4. The first kappa shape index (κ1) is 12.0. The van der Waals surface area contributed by atoms with Gasteiger partial charge in [0.1, 0.15) is 5.82 Å². The van der Waals surface area contributed by atoms with Gasteiger partial charge in [0.05, 0.1) is 0 Å². The predicted molar refractivity (Wildman–Crippen MR) is 69.9 cm³/mol. The van der Waals surface area contributed by atoms with Gasteiger partial charge in [0.15, 0.2) is 0 Å². The number of benzene rings is 1. The molecule has 88 valence electrons. The second kappa shape index (κ2) is 5.75. The van der Waals surface area contributed by atoms with Gasteiger partial charge in [-0.15, -0.1) is 0 Å². The van der Waals surface area contributed by atoms with Crippen molar-refractivity contribution in [1.29, 1.82) is 0 Å². The first-order chi connectivity index (χ1) is 8.31. The third-order valence-corrected chi connectivity index (χ3v) is 2.82. The van der Waals surface area contributed by atoms with Crippen LogP contribution in [0.2, 0.25) is 5.02 Å². The minimum absolute atomic E-state index is 0.662. The van der Waals surface area contributed by atoms with Crippen LogP contribution in [-0.4, -0.2) is 16.5 Å². The summed E-state index contributed by atoms with van der Waals surface area (Å²) in [6, 6.07) is 7.67. The van der Waals surface area contributed by atoms with Crippen molar-refractivity contribution in [3.63, 3.8) is 0 Å². The fourth-order valence-electron chi connectivity index (χ4n) is 1.58. The SMILES string of the molecule is NCCCc1ncc(-c2ccccc2Cl)cn1. The number of nitrogens with zero attached hydrogens (tertiary/aromatic N) is 2. The molecule has 0 unspecified atom stereocenters. The van der Waals surface area contributed by atoms with Gasteiger partial charge >= 0.3 is 0 Å². The Balaban J connectivity index is 2.21. The van der Waals surface area contributed by atoms with E-state index in [1.165, 1.54) is 0 Å². The van der Waals surface area contributed by atoms with Crippen LogP contribution in [0.1, 0.15) is 12.2 Å². The standard InChI is InChI=1S/C13H14ClN3/c14-12-5-2-1-4-11(12)10-8-16-13(17-9-10)6-3-7-15/h1-2,4-5,8-9H,3,6-7,15H2. The summed E-state index contributed by atoms with van der Waals surface area (Å²) in [4.78, 5) is 8.62. The fourth-order valence-corrected chi connectivity index (χ4v) is 1.82. The van der Waals surface area contributed by atoms with Crippen LogP contribution in [0.25, 0.3) is 11.1 Å². The number of hydrogen-bond acceptors (Lipinski definition) is 3. The minimum atomic E-state index is 0.662. The highest BCUT2D eigenvalue weighted by Crippen LogP contribution is 2.26. The zero-order chi connectivity index (χ0) is 12.1. The Bertz CT molecular complexity index is 482. The Kier molecular flexibility index (Phi) is 4.07. The molecule has 0 aliphatic carbocycles. The van der Waals surface area contributed by atoms with E-state index in [0.717, 1.165) is 29.8 Å². The van der Waals surface area contributed by atoms with Crippen LogP contribution >= 0.6 is 11.6 Å². The molecule has 3 nitrogen and oxygen atoms in total. The Morgan fingerprint density at radius 3 is 2.47 bits per heavy atom. The lowest BCUT2D eigenvalue weighted by molar-refractivity contribution is 0.781. The van der Waals surface area contributed by atoms with Gasteiger partial charge in [-0.2, -0.15) is 0 Å². The highest BCUT2D eigenvalue weighted by atomic mass is 35.5. The van der Waals surface area contributed by atoms with Gasteiger partial charge in [-0.25, -0.2) is 9.97 Å². The van der Waals surface area contributed by atoms with Crippen LogP contribution < -0.4 is 5.73 Å². The fraction of sp³-hybridized carbons (Fsp3) is 0.231. The maximum atomic E-state index is 6.11. The van der Waals surface area contributed by atoms with Crippen molar-refractivity contribution < 1.29 is 0 Å². The molecule has 0 saturated heterocycles. The molecule has 0 bridgehead atoms. The van der Waals surface area contributed by atoms with E-state index in [4.69, 9.17) is 17.3 Å². The van der Waals surface area contributed by atoms with E-state index in [0.29, 0.717) is 11.6 Å². The summed E-state index contributed by atoms with van der Waals surface area (Å²) in [6.07, 6.45) is 5.34. The van der Waals surface area contributed by atoms with E-state index in [1.54, 1.807) is 12.4 Å². The van der Waals surface area contributed by atoms with Crippen LogP contribution in [0.4, 0.5) is 0 Å². The largest absolute Gasteiger partial charge is 0.330 e. The van der Waals surface area contributed by atoms with Crippen molar-refractivity contribution in [2.75, 3.05) is 6.54 Å². The Morgan fingerprint density at radius 1 is 1.12 bits per heavy atom. The maximum Gasteiger partial charge on any atom is 0.128 e. The molecule has 0 radical (unpaired) electrons. The maximum absolute atomic E-state index is 6.11. The number of aryl methyl sites for hydroxylation is 1. The van der Waals surface area contributed by atoms with Crippen molar-refractivity contribution in [2.24, 2.45) is 5.73 Å². The van der Waals surface area contributed by atoms with Gasteiger partial charge in [0.25, 0.3) is 0 Å². The topological polar surface area (TPSA) is 51.8 Å². The molecule has 0 aliphatic rings. The molecule has 2 aromatic rings. The Morgan fingerprint density at radius 2 is 1.82 bits per heavy atom. The van der Waals surface area contributed by atoms with Crippen LogP contribution in [-0.2, 0) is 6.42 Å². The summed E-state index contributed by atoms with van der Waals surface area (Å²) in [5.41, 5.74) is 7.34. The lowest BCUT2D eigenvalue weighted by Crippen LogP contribution is -2.03. The zero-order valence-corrected chi connectivity index (χ0v) is 10.2. The molecule has 0 aliphatic heterocycles. The average Bonchev–Trinajstić information content (AvgIpc) is 2.38. The van der Waals surface area contributed by atoms with Crippen LogP contribution in [0.15, 0.2) is 36.7 Å². The smallest absolute Gasteiger partial charge is 0.128 e. The van der Waals surface area contributed by atoms with E-state index in [2.05, 4.69) is 9.97 Å². The number of hydrogen-bond donors (Lipinski definition) is 1. The molecular weight excluding hydrogens is 234 g/mol. The van der Waals surface area contributed by atoms with Crippen molar-refractivity contribution in [3.8, 4) is 11.1 Å². The van der Waals surface area contributed by atoms with Crippen molar-refractivity contribution in [3.05, 3.63) is 47.5 Å². The van der Waals surface area contributed by atoms with Crippen molar-refractivity contribution in [1.82, 2.24) is 9.97 Å². The van der Waals surface area contributed by atoms with E-state index < -0.39 is 0 Å². The summed E-state index contributed by atoms with van der Waals surface area (Å²) >= 11 is 6.11. The molecule has 0 saturated carbocycles. The number of halogens is 1. The molecule has 1 aromatic carbocycles. The number of nitrogens with two attached hydrogens (primary N) is 1. The molecule has 17 heavy (non-hydrogen) atoms. The molecule has 2 rings (SSSR count). The molecule has 0 atom stereocenters. The Labute approximate surface area is 106 Å². The first-order valence-corrected chi connectivity index (χ1v) is 5.95. The van der Waals surface area contributed by atoms with Gasteiger partial charge in [-0.05, 0) is 19.0 Å². The second-order valence-electron chi connectivity index (χ2n) is 3.76. The molecule has 1 aromatic heterocycles. The van der Waals surface area contributed by atoms with Gasteiger partial charge in [0.2, 0.25) is 0 Å². The van der Waals surface area contributed by atoms with Gasteiger partial charge < -0.3 is 5.73 Å². The van der Waals surface area contributed by atoms with Crippen molar-refractivity contribution in [2.45, 2.75) is 12.8 Å². The summed E-state index contributed by atoms with van der Waals surface area (Å²) in [6.45, 7) is 0.662. The molecule has 1 heterocycles. The molecule has 0 amide bonds.